The van der Waals surface area contributed by atoms with E-state index in [1.165, 1.54) is 11.8 Å². The van der Waals surface area contributed by atoms with Gasteiger partial charge in [-0.15, -0.1) is 10.2 Å². The second-order valence-electron chi connectivity index (χ2n) is 7.30. The Morgan fingerprint density at radius 3 is 2.58 bits per heavy atom. The number of hydrogen-bond donors (Lipinski definition) is 2. The number of anilines is 1. The van der Waals surface area contributed by atoms with Gasteiger partial charge in [0.2, 0.25) is 5.91 Å². The maximum Gasteiger partial charge on any atom is 0.251 e. The number of aryl methyl sites for hydroxylation is 2. The molecular formula is C23H27N5O2S. The quantitative estimate of drug-likeness (QED) is 0.517. The van der Waals surface area contributed by atoms with E-state index in [4.69, 9.17) is 0 Å². The smallest absolute Gasteiger partial charge is 0.251 e. The number of carbonyl (C=O) groups is 2. The summed E-state index contributed by atoms with van der Waals surface area (Å²) in [5, 5.41) is 15.1. The lowest BCUT2D eigenvalue weighted by Gasteiger charge is -2.15. The maximum absolute atomic E-state index is 12.6. The SMILES string of the molecule is CCn1c(SCC(=O)Nc2ccccc2C)nnc1[C@H](C)NC(=O)c1cccc(C)c1. The van der Waals surface area contributed by atoms with Gasteiger partial charge in [-0.1, -0.05) is 47.7 Å². The third-order valence-electron chi connectivity index (χ3n) is 4.83. The molecule has 1 aromatic heterocycles. The molecule has 0 aliphatic rings. The Morgan fingerprint density at radius 2 is 1.87 bits per heavy atom. The average Bonchev–Trinajstić information content (AvgIpc) is 3.17. The predicted molar refractivity (Wildman–Crippen MR) is 123 cm³/mol. The summed E-state index contributed by atoms with van der Waals surface area (Å²) >= 11 is 1.32. The number of rotatable bonds is 8. The molecule has 0 bridgehead atoms. The van der Waals surface area contributed by atoms with E-state index in [9.17, 15) is 9.59 Å². The van der Waals surface area contributed by atoms with Crippen molar-refractivity contribution in [3.63, 3.8) is 0 Å². The molecule has 0 unspecified atom stereocenters. The molecule has 2 N–H and O–H groups in total. The van der Waals surface area contributed by atoms with Crippen LogP contribution in [-0.4, -0.2) is 32.3 Å². The summed E-state index contributed by atoms with van der Waals surface area (Å²) in [6.45, 7) is 8.40. The second-order valence-corrected chi connectivity index (χ2v) is 8.24. The molecule has 0 aliphatic carbocycles. The number of benzene rings is 2. The van der Waals surface area contributed by atoms with Crippen LogP contribution in [0.2, 0.25) is 0 Å². The van der Waals surface area contributed by atoms with E-state index < -0.39 is 0 Å². The fourth-order valence-corrected chi connectivity index (χ4v) is 3.99. The first-order valence-electron chi connectivity index (χ1n) is 10.2. The van der Waals surface area contributed by atoms with E-state index in [-0.39, 0.29) is 23.6 Å². The van der Waals surface area contributed by atoms with Gasteiger partial charge in [-0.2, -0.15) is 0 Å². The molecule has 3 rings (SSSR count). The highest BCUT2D eigenvalue weighted by atomic mass is 32.2. The fourth-order valence-electron chi connectivity index (χ4n) is 3.18. The standard InChI is InChI=1S/C23H27N5O2S/c1-5-28-21(17(4)24-22(30)18-11-8-9-15(2)13-18)26-27-23(28)31-14-20(29)25-19-12-7-6-10-16(19)3/h6-13,17H,5,14H2,1-4H3,(H,24,30)(H,25,29)/t17-/m0/s1. The Hall–Kier alpha value is -3.13. The predicted octanol–water partition coefficient (Wildman–Crippen LogP) is 4.14. The largest absolute Gasteiger partial charge is 0.342 e. The van der Waals surface area contributed by atoms with E-state index in [1.807, 2.05) is 74.7 Å². The summed E-state index contributed by atoms with van der Waals surface area (Å²) in [4.78, 5) is 24.9. The van der Waals surface area contributed by atoms with E-state index in [0.29, 0.717) is 23.1 Å². The van der Waals surface area contributed by atoms with Crippen molar-refractivity contribution in [3.8, 4) is 0 Å². The van der Waals surface area contributed by atoms with Crippen molar-refractivity contribution in [2.45, 2.75) is 45.4 Å². The van der Waals surface area contributed by atoms with Gasteiger partial charge in [0.25, 0.3) is 5.91 Å². The molecular weight excluding hydrogens is 410 g/mol. The van der Waals surface area contributed by atoms with E-state index in [1.54, 1.807) is 6.07 Å². The van der Waals surface area contributed by atoms with Gasteiger partial charge in [-0.3, -0.25) is 9.59 Å². The number of nitrogens with one attached hydrogen (secondary N) is 2. The molecule has 1 heterocycles. The molecule has 0 spiro atoms. The molecule has 0 aliphatic heterocycles. The third-order valence-corrected chi connectivity index (χ3v) is 5.80. The molecule has 1 atom stereocenters. The highest BCUT2D eigenvalue weighted by Gasteiger charge is 2.20. The van der Waals surface area contributed by atoms with E-state index >= 15 is 0 Å². The van der Waals surface area contributed by atoms with Crippen molar-refractivity contribution in [3.05, 3.63) is 71.0 Å². The molecule has 8 heteroatoms. The molecule has 2 amide bonds. The number of aromatic nitrogens is 3. The minimum absolute atomic E-state index is 0.104. The Labute approximate surface area is 186 Å². The molecule has 2 aromatic carbocycles. The van der Waals surface area contributed by atoms with Crippen LogP contribution in [0.1, 0.15) is 47.2 Å². The highest BCUT2D eigenvalue weighted by molar-refractivity contribution is 7.99. The normalized spacial score (nSPS) is 11.7. The minimum atomic E-state index is -0.324. The van der Waals surface area contributed by atoms with Crippen LogP contribution in [0.5, 0.6) is 0 Å². The van der Waals surface area contributed by atoms with E-state index in [2.05, 4.69) is 20.8 Å². The molecule has 7 nitrogen and oxygen atoms in total. The zero-order chi connectivity index (χ0) is 22.4. The van der Waals surface area contributed by atoms with Crippen molar-refractivity contribution in [2.75, 3.05) is 11.1 Å². The molecule has 31 heavy (non-hydrogen) atoms. The van der Waals surface area contributed by atoms with Crippen LogP contribution < -0.4 is 10.6 Å². The van der Waals surface area contributed by atoms with Crippen LogP contribution in [0.25, 0.3) is 0 Å². The third kappa shape index (κ3) is 5.73. The number of nitrogens with zero attached hydrogens (tertiary/aromatic N) is 3. The van der Waals surface area contributed by atoms with E-state index in [0.717, 1.165) is 16.8 Å². The molecule has 0 saturated carbocycles. The lowest BCUT2D eigenvalue weighted by molar-refractivity contribution is -0.113. The summed E-state index contributed by atoms with van der Waals surface area (Å²) in [5.74, 6) is 0.613. The van der Waals surface area contributed by atoms with Crippen molar-refractivity contribution in [2.24, 2.45) is 0 Å². The first-order chi connectivity index (χ1) is 14.9. The van der Waals surface area contributed by atoms with Gasteiger partial charge < -0.3 is 15.2 Å². The Bertz CT molecular complexity index is 1080. The van der Waals surface area contributed by atoms with Gasteiger partial charge in [-0.05, 0) is 51.5 Å². The first kappa shape index (κ1) is 22.6. The van der Waals surface area contributed by atoms with Crippen molar-refractivity contribution in [1.82, 2.24) is 20.1 Å². The first-order valence-corrected chi connectivity index (χ1v) is 11.2. The number of para-hydroxylation sites is 1. The Balaban J connectivity index is 1.63. The van der Waals surface area contributed by atoms with Crippen LogP contribution >= 0.6 is 11.8 Å². The molecule has 0 fully saturated rings. The summed E-state index contributed by atoms with van der Waals surface area (Å²) in [6, 6.07) is 14.8. The summed E-state index contributed by atoms with van der Waals surface area (Å²) in [5.41, 5.74) is 3.45. The Morgan fingerprint density at radius 1 is 1.10 bits per heavy atom. The van der Waals surface area contributed by atoms with Crippen molar-refractivity contribution in [1.29, 1.82) is 0 Å². The lowest BCUT2D eigenvalue weighted by atomic mass is 10.1. The summed E-state index contributed by atoms with van der Waals surface area (Å²) in [7, 11) is 0. The zero-order valence-corrected chi connectivity index (χ0v) is 19.0. The van der Waals surface area contributed by atoms with Gasteiger partial charge in [0.05, 0.1) is 11.8 Å². The molecule has 0 radical (unpaired) electrons. The van der Waals surface area contributed by atoms with Crippen LogP contribution in [0, 0.1) is 13.8 Å². The van der Waals surface area contributed by atoms with Crippen LogP contribution in [-0.2, 0) is 11.3 Å². The van der Waals surface area contributed by atoms with Crippen LogP contribution in [0.3, 0.4) is 0 Å². The van der Waals surface area contributed by atoms with Crippen LogP contribution in [0.15, 0.2) is 53.7 Å². The minimum Gasteiger partial charge on any atom is -0.342 e. The maximum atomic E-state index is 12.6. The van der Waals surface area contributed by atoms with Gasteiger partial charge in [0, 0.05) is 17.8 Å². The van der Waals surface area contributed by atoms with Gasteiger partial charge in [-0.25, -0.2) is 0 Å². The monoisotopic (exact) mass is 437 g/mol. The van der Waals surface area contributed by atoms with Gasteiger partial charge in [0.15, 0.2) is 11.0 Å². The highest BCUT2D eigenvalue weighted by Crippen LogP contribution is 2.22. The van der Waals surface area contributed by atoms with Crippen molar-refractivity contribution >= 4 is 29.3 Å². The molecule has 162 valence electrons. The lowest BCUT2D eigenvalue weighted by Crippen LogP contribution is -2.28. The zero-order valence-electron chi connectivity index (χ0n) is 18.2. The Kier molecular flexibility index (Phi) is 7.46. The molecule has 0 saturated heterocycles. The number of hydrogen-bond acceptors (Lipinski definition) is 5. The fraction of sp³-hybridized carbons (Fsp3) is 0.304. The van der Waals surface area contributed by atoms with Gasteiger partial charge in [0.1, 0.15) is 0 Å². The number of amides is 2. The average molecular weight is 438 g/mol. The van der Waals surface area contributed by atoms with Crippen molar-refractivity contribution < 1.29 is 9.59 Å². The van der Waals surface area contributed by atoms with Gasteiger partial charge >= 0.3 is 0 Å². The topological polar surface area (TPSA) is 88.9 Å². The summed E-state index contributed by atoms with van der Waals surface area (Å²) in [6.07, 6.45) is 0. The summed E-state index contributed by atoms with van der Waals surface area (Å²) < 4.78 is 1.92. The molecule has 3 aromatic rings. The second kappa shape index (κ2) is 10.3. The number of thioether (sulfide) groups is 1. The van der Waals surface area contributed by atoms with Crippen LogP contribution in [0.4, 0.5) is 5.69 Å². The number of carbonyl (C=O) groups excluding carboxylic acids is 2.